The average molecular weight is 481 g/mol. The summed E-state index contributed by atoms with van der Waals surface area (Å²) in [6.07, 6.45) is -3.45. The lowest BCUT2D eigenvalue weighted by Crippen LogP contribution is -2.47. The molecule has 3 aromatic rings. The van der Waals surface area contributed by atoms with Gasteiger partial charge in [0, 0.05) is 44.3 Å². The molecule has 4 rings (SSSR count). The van der Waals surface area contributed by atoms with Crippen LogP contribution in [0.5, 0.6) is 5.75 Å². The van der Waals surface area contributed by atoms with Gasteiger partial charge in [0.2, 0.25) is 5.82 Å². The molecule has 1 saturated heterocycles. The van der Waals surface area contributed by atoms with E-state index in [0.717, 1.165) is 15.5 Å². The highest BCUT2D eigenvalue weighted by Crippen LogP contribution is 2.37. The Hall–Kier alpha value is -3.08. The van der Waals surface area contributed by atoms with E-state index in [1.165, 1.54) is 29.9 Å². The van der Waals surface area contributed by atoms with Gasteiger partial charge in [-0.05, 0) is 23.6 Å². The van der Waals surface area contributed by atoms with Crippen molar-refractivity contribution in [2.45, 2.75) is 38.1 Å². The van der Waals surface area contributed by atoms with Crippen LogP contribution >= 0.6 is 11.3 Å². The van der Waals surface area contributed by atoms with E-state index in [-0.39, 0.29) is 11.6 Å². The molecule has 33 heavy (non-hydrogen) atoms. The molecule has 0 N–H and O–H groups in total. The highest BCUT2D eigenvalue weighted by Gasteiger charge is 2.35. The standard InChI is InChI=1S/C22H23F3N4O3S/c1-27-20(30)19(26-29(21(27)31)13-10-16-5-4-14-33-16)28-11-8-15(9-12-28)32-18-7-3-2-6-17(18)22(23,24)25/h2-7,14-15H,8-13H2,1H3. The van der Waals surface area contributed by atoms with Crippen molar-refractivity contribution in [1.29, 1.82) is 0 Å². The third-order valence-corrected chi connectivity index (χ3v) is 6.53. The van der Waals surface area contributed by atoms with Crippen molar-refractivity contribution >= 4 is 17.2 Å². The maximum absolute atomic E-state index is 13.2. The topological polar surface area (TPSA) is 69.4 Å². The molecule has 1 fully saturated rings. The predicted octanol–water partition coefficient (Wildman–Crippen LogP) is 3.31. The Balaban J connectivity index is 1.47. The first-order valence-corrected chi connectivity index (χ1v) is 11.4. The second-order valence-electron chi connectivity index (χ2n) is 7.82. The fourth-order valence-electron chi connectivity index (χ4n) is 3.79. The number of anilines is 1. The number of aryl methyl sites for hydroxylation is 2. The van der Waals surface area contributed by atoms with Gasteiger partial charge in [-0.2, -0.15) is 13.2 Å². The minimum absolute atomic E-state index is 0.164. The molecule has 1 aromatic carbocycles. The quantitative estimate of drug-likeness (QED) is 0.542. The second-order valence-corrected chi connectivity index (χ2v) is 8.85. The normalized spacial score (nSPS) is 15.1. The largest absolute Gasteiger partial charge is 0.490 e. The summed E-state index contributed by atoms with van der Waals surface area (Å²) < 4.78 is 47.7. The van der Waals surface area contributed by atoms with Gasteiger partial charge in [0.15, 0.2) is 0 Å². The number of ether oxygens (including phenoxy) is 1. The molecular weight excluding hydrogens is 457 g/mol. The Labute approximate surface area is 191 Å². The second kappa shape index (κ2) is 9.42. The van der Waals surface area contributed by atoms with Crippen LogP contribution in [-0.2, 0) is 26.2 Å². The van der Waals surface area contributed by atoms with Crippen molar-refractivity contribution in [2.75, 3.05) is 18.0 Å². The van der Waals surface area contributed by atoms with Gasteiger partial charge in [0.25, 0.3) is 5.56 Å². The van der Waals surface area contributed by atoms with E-state index in [2.05, 4.69) is 5.10 Å². The summed E-state index contributed by atoms with van der Waals surface area (Å²) in [7, 11) is 1.42. The molecule has 0 radical (unpaired) electrons. The minimum atomic E-state index is -4.50. The molecule has 0 atom stereocenters. The summed E-state index contributed by atoms with van der Waals surface area (Å²) >= 11 is 1.58. The molecule has 0 amide bonds. The van der Waals surface area contributed by atoms with Crippen molar-refractivity contribution < 1.29 is 17.9 Å². The Morgan fingerprint density at radius 1 is 1.12 bits per heavy atom. The molecule has 2 aromatic heterocycles. The van der Waals surface area contributed by atoms with E-state index >= 15 is 0 Å². The number of rotatable bonds is 6. The average Bonchev–Trinajstić information content (AvgIpc) is 3.31. The van der Waals surface area contributed by atoms with Gasteiger partial charge >= 0.3 is 11.9 Å². The van der Waals surface area contributed by atoms with Crippen LogP contribution in [0.1, 0.15) is 23.3 Å². The summed E-state index contributed by atoms with van der Waals surface area (Å²) in [6.45, 7) is 1.10. The van der Waals surface area contributed by atoms with Crippen molar-refractivity contribution in [3.05, 3.63) is 73.1 Å². The van der Waals surface area contributed by atoms with E-state index in [1.54, 1.807) is 16.2 Å². The van der Waals surface area contributed by atoms with E-state index < -0.39 is 29.1 Å². The SMILES string of the molecule is Cn1c(=O)c(N2CCC(Oc3ccccc3C(F)(F)F)CC2)nn(CCc2cccs2)c1=O. The van der Waals surface area contributed by atoms with Crippen LogP contribution in [-0.4, -0.2) is 33.5 Å². The van der Waals surface area contributed by atoms with Gasteiger partial charge in [0.05, 0.1) is 12.1 Å². The summed E-state index contributed by atoms with van der Waals surface area (Å²) in [5, 5.41) is 6.28. The molecule has 0 unspecified atom stereocenters. The number of hydrogen-bond acceptors (Lipinski definition) is 6. The summed E-state index contributed by atoms with van der Waals surface area (Å²) in [5.74, 6) is -0.0305. The van der Waals surface area contributed by atoms with Crippen LogP contribution in [0.3, 0.4) is 0 Å². The third kappa shape index (κ3) is 5.13. The number of aromatic nitrogens is 3. The lowest BCUT2D eigenvalue weighted by Gasteiger charge is -2.33. The van der Waals surface area contributed by atoms with Gasteiger partial charge in [0.1, 0.15) is 11.9 Å². The van der Waals surface area contributed by atoms with Crippen LogP contribution in [0.25, 0.3) is 0 Å². The third-order valence-electron chi connectivity index (χ3n) is 5.60. The fourth-order valence-corrected chi connectivity index (χ4v) is 4.49. The number of benzene rings is 1. The lowest BCUT2D eigenvalue weighted by atomic mass is 10.1. The zero-order chi connectivity index (χ0) is 23.6. The molecule has 0 bridgehead atoms. The van der Waals surface area contributed by atoms with E-state index in [4.69, 9.17) is 4.74 Å². The minimum Gasteiger partial charge on any atom is -0.490 e. The molecule has 0 spiro atoms. The number of nitrogens with zero attached hydrogens (tertiary/aromatic N) is 4. The van der Waals surface area contributed by atoms with Crippen LogP contribution in [0, 0.1) is 0 Å². The van der Waals surface area contributed by atoms with Gasteiger partial charge in [-0.1, -0.05) is 18.2 Å². The van der Waals surface area contributed by atoms with Crippen LogP contribution < -0.4 is 20.9 Å². The van der Waals surface area contributed by atoms with Crippen LogP contribution in [0.2, 0.25) is 0 Å². The van der Waals surface area contributed by atoms with Crippen molar-refractivity contribution in [2.24, 2.45) is 7.05 Å². The molecule has 1 aliphatic heterocycles. The Morgan fingerprint density at radius 3 is 2.52 bits per heavy atom. The molecule has 176 valence electrons. The monoisotopic (exact) mass is 480 g/mol. The smallest absolute Gasteiger partial charge is 0.419 e. The lowest BCUT2D eigenvalue weighted by molar-refractivity contribution is -0.139. The van der Waals surface area contributed by atoms with Crippen LogP contribution in [0.15, 0.2) is 51.4 Å². The number of piperidine rings is 1. The molecule has 1 aliphatic rings. The number of alkyl halides is 3. The maximum atomic E-state index is 13.2. The van der Waals surface area contributed by atoms with Crippen molar-refractivity contribution in [1.82, 2.24) is 14.3 Å². The number of hydrogen-bond donors (Lipinski definition) is 0. The maximum Gasteiger partial charge on any atom is 0.419 e. The van der Waals surface area contributed by atoms with Crippen LogP contribution in [0.4, 0.5) is 19.0 Å². The van der Waals surface area contributed by atoms with Crippen molar-refractivity contribution in [3.63, 3.8) is 0 Å². The highest BCUT2D eigenvalue weighted by molar-refractivity contribution is 7.09. The first kappa shape index (κ1) is 23.1. The molecule has 7 nitrogen and oxygen atoms in total. The van der Waals surface area contributed by atoms with E-state index in [9.17, 15) is 22.8 Å². The molecule has 3 heterocycles. The van der Waals surface area contributed by atoms with Gasteiger partial charge in [-0.3, -0.25) is 9.36 Å². The first-order valence-electron chi connectivity index (χ1n) is 10.5. The summed E-state index contributed by atoms with van der Waals surface area (Å²) in [4.78, 5) is 28.1. The van der Waals surface area contributed by atoms with E-state index in [0.29, 0.717) is 38.9 Å². The van der Waals surface area contributed by atoms with Crippen molar-refractivity contribution in [3.8, 4) is 5.75 Å². The number of halogens is 3. The highest BCUT2D eigenvalue weighted by atomic mass is 32.1. The number of para-hydroxylation sites is 1. The predicted molar refractivity (Wildman–Crippen MR) is 119 cm³/mol. The fraction of sp³-hybridized carbons (Fsp3) is 0.409. The molecule has 0 saturated carbocycles. The Kier molecular flexibility index (Phi) is 6.59. The zero-order valence-corrected chi connectivity index (χ0v) is 18.7. The zero-order valence-electron chi connectivity index (χ0n) is 17.9. The first-order chi connectivity index (χ1) is 15.7. The van der Waals surface area contributed by atoms with E-state index in [1.807, 2.05) is 17.5 Å². The van der Waals surface area contributed by atoms with Gasteiger partial charge in [-0.25, -0.2) is 9.48 Å². The Morgan fingerprint density at radius 2 is 1.85 bits per heavy atom. The molecule has 0 aliphatic carbocycles. The summed E-state index contributed by atoms with van der Waals surface area (Å²) in [6, 6.07) is 9.05. The molecule has 11 heteroatoms. The molecular formula is C22H23F3N4O3S. The number of thiophene rings is 1. The Bertz CT molecular complexity index is 1210. The summed E-state index contributed by atoms with van der Waals surface area (Å²) in [5.41, 5.74) is -1.78. The van der Waals surface area contributed by atoms with Gasteiger partial charge in [-0.15, -0.1) is 16.4 Å². The van der Waals surface area contributed by atoms with Gasteiger partial charge < -0.3 is 9.64 Å².